The smallest absolute Gasteiger partial charge is 0.233 e. The first-order valence-electron chi connectivity index (χ1n) is 9.44. The maximum Gasteiger partial charge on any atom is 0.233 e. The number of hydroxylamine groups is 2. The zero-order valence-corrected chi connectivity index (χ0v) is 17.0. The molecule has 0 aromatic carbocycles. The molecule has 0 radical (unpaired) electrons. The third-order valence-corrected chi connectivity index (χ3v) is 5.06. The summed E-state index contributed by atoms with van der Waals surface area (Å²) in [5.41, 5.74) is -0.202. The molecule has 0 bridgehead atoms. The number of carbonyl (C=O) groups excluding carboxylic acids is 3. The second kappa shape index (κ2) is 9.35. The fourth-order valence-electron chi connectivity index (χ4n) is 3.89. The van der Waals surface area contributed by atoms with Gasteiger partial charge in [-0.1, -0.05) is 40.5 Å². The minimum absolute atomic E-state index is 0.000481. The molecule has 150 valence electrons. The van der Waals surface area contributed by atoms with Crippen LogP contribution >= 0.6 is 0 Å². The van der Waals surface area contributed by atoms with Crippen molar-refractivity contribution >= 4 is 18.2 Å². The number of nitrogens with one attached hydrogen (secondary N) is 1. The average Bonchev–Trinajstić information content (AvgIpc) is 2.91. The molecule has 1 heterocycles. The molecule has 1 unspecified atom stereocenters. The van der Waals surface area contributed by atoms with Crippen LogP contribution in [0.25, 0.3) is 0 Å². The molecule has 7 nitrogen and oxygen atoms in total. The van der Waals surface area contributed by atoms with E-state index < -0.39 is 17.9 Å². The highest BCUT2D eigenvalue weighted by atomic mass is 16.5. The van der Waals surface area contributed by atoms with Gasteiger partial charge in [-0.25, -0.2) is 5.06 Å². The van der Waals surface area contributed by atoms with E-state index >= 15 is 0 Å². The van der Waals surface area contributed by atoms with Crippen molar-refractivity contribution in [3.8, 4) is 0 Å². The van der Waals surface area contributed by atoms with E-state index in [0.717, 1.165) is 19.3 Å². The van der Waals surface area contributed by atoms with E-state index in [0.29, 0.717) is 24.4 Å². The zero-order chi connectivity index (χ0) is 20.1. The van der Waals surface area contributed by atoms with Gasteiger partial charge in [0, 0.05) is 20.6 Å². The van der Waals surface area contributed by atoms with Crippen molar-refractivity contribution in [1.82, 2.24) is 15.3 Å². The van der Waals surface area contributed by atoms with Gasteiger partial charge in [0.1, 0.15) is 0 Å². The second-order valence-electron chi connectivity index (χ2n) is 8.75. The van der Waals surface area contributed by atoms with E-state index in [-0.39, 0.29) is 23.1 Å². The Hall–Kier alpha value is -1.63. The summed E-state index contributed by atoms with van der Waals surface area (Å²) < 4.78 is 0. The number of rotatable bonds is 9. The first-order chi connectivity index (χ1) is 12.0. The monoisotopic (exact) mass is 369 g/mol. The molecular weight excluding hydrogens is 334 g/mol. The molecule has 4 atom stereocenters. The SMILES string of the molecule is CCCC[C@H]1CNC(=O)[C@@H]1C([C@H](CC(C)(C)C)C(=O)N(C)C)N(O)C=O. The summed E-state index contributed by atoms with van der Waals surface area (Å²) in [5.74, 6) is -1.62. The van der Waals surface area contributed by atoms with Crippen molar-refractivity contribution in [3.05, 3.63) is 0 Å². The number of amides is 3. The lowest BCUT2D eigenvalue weighted by Gasteiger charge is -2.39. The molecule has 0 aromatic rings. The van der Waals surface area contributed by atoms with E-state index in [4.69, 9.17) is 0 Å². The number of hydrogen-bond acceptors (Lipinski definition) is 4. The van der Waals surface area contributed by atoms with Crippen LogP contribution in [0.1, 0.15) is 53.4 Å². The van der Waals surface area contributed by atoms with Gasteiger partial charge in [0.05, 0.1) is 17.9 Å². The Morgan fingerprint density at radius 1 is 1.38 bits per heavy atom. The molecule has 2 N–H and O–H groups in total. The van der Waals surface area contributed by atoms with Gasteiger partial charge >= 0.3 is 0 Å². The van der Waals surface area contributed by atoms with Crippen LogP contribution in [0.4, 0.5) is 0 Å². The summed E-state index contributed by atoms with van der Waals surface area (Å²) in [5, 5.41) is 13.8. The third-order valence-electron chi connectivity index (χ3n) is 5.06. The Bertz CT molecular complexity index is 502. The van der Waals surface area contributed by atoms with Crippen LogP contribution in [-0.2, 0) is 14.4 Å². The molecule has 7 heteroatoms. The molecule has 1 saturated heterocycles. The van der Waals surface area contributed by atoms with Crippen molar-refractivity contribution in [2.75, 3.05) is 20.6 Å². The summed E-state index contributed by atoms with van der Waals surface area (Å²) >= 11 is 0. The lowest BCUT2D eigenvalue weighted by Crippen LogP contribution is -2.53. The Kier molecular flexibility index (Phi) is 8.06. The van der Waals surface area contributed by atoms with Crippen LogP contribution in [0, 0.1) is 23.2 Å². The van der Waals surface area contributed by atoms with Gasteiger partial charge in [-0.3, -0.25) is 19.6 Å². The first kappa shape index (κ1) is 22.4. The molecule has 1 fully saturated rings. The maximum atomic E-state index is 12.9. The van der Waals surface area contributed by atoms with E-state index in [2.05, 4.69) is 12.2 Å². The van der Waals surface area contributed by atoms with Crippen molar-refractivity contribution in [3.63, 3.8) is 0 Å². The van der Waals surface area contributed by atoms with Gasteiger partial charge in [0.15, 0.2) is 0 Å². The van der Waals surface area contributed by atoms with Crippen LogP contribution in [0.3, 0.4) is 0 Å². The van der Waals surface area contributed by atoms with E-state index in [1.807, 2.05) is 20.8 Å². The summed E-state index contributed by atoms with van der Waals surface area (Å²) in [6.07, 6.45) is 3.55. The topological polar surface area (TPSA) is 90.0 Å². The number of nitrogens with zero attached hydrogens (tertiary/aromatic N) is 2. The van der Waals surface area contributed by atoms with Crippen molar-refractivity contribution in [2.45, 2.75) is 59.4 Å². The molecule has 0 aliphatic carbocycles. The second-order valence-corrected chi connectivity index (χ2v) is 8.75. The minimum atomic E-state index is -0.869. The normalized spacial score (nSPS) is 22.5. The van der Waals surface area contributed by atoms with Crippen LogP contribution in [0.5, 0.6) is 0 Å². The van der Waals surface area contributed by atoms with E-state index in [9.17, 15) is 19.6 Å². The maximum absolute atomic E-state index is 12.9. The summed E-state index contributed by atoms with van der Waals surface area (Å²) in [7, 11) is 3.31. The average molecular weight is 370 g/mol. The Morgan fingerprint density at radius 2 is 2.00 bits per heavy atom. The summed E-state index contributed by atoms with van der Waals surface area (Å²) in [6.45, 7) is 8.62. The first-order valence-corrected chi connectivity index (χ1v) is 9.44. The molecular formula is C19H35N3O4. The summed E-state index contributed by atoms with van der Waals surface area (Å²) in [6, 6.07) is -0.869. The predicted octanol–water partition coefficient (Wildman–Crippen LogP) is 1.90. The number of unbranched alkanes of at least 4 members (excludes halogenated alkanes) is 1. The largest absolute Gasteiger partial charge is 0.355 e. The highest BCUT2D eigenvalue weighted by molar-refractivity contribution is 5.85. The highest BCUT2D eigenvalue weighted by Crippen LogP contribution is 2.37. The number of carbonyl (C=O) groups is 3. The van der Waals surface area contributed by atoms with Crippen LogP contribution in [-0.4, -0.2) is 60.1 Å². The van der Waals surface area contributed by atoms with Crippen molar-refractivity contribution in [1.29, 1.82) is 0 Å². The van der Waals surface area contributed by atoms with Gasteiger partial charge in [0.25, 0.3) is 0 Å². The molecule has 1 aliphatic rings. The fraction of sp³-hybridized carbons (Fsp3) is 0.842. The molecule has 0 spiro atoms. The Morgan fingerprint density at radius 3 is 2.46 bits per heavy atom. The quantitative estimate of drug-likeness (QED) is 0.369. The Balaban J connectivity index is 3.31. The van der Waals surface area contributed by atoms with Gasteiger partial charge in [-0.05, 0) is 24.2 Å². The minimum Gasteiger partial charge on any atom is -0.355 e. The Labute approximate surface area is 157 Å². The van der Waals surface area contributed by atoms with Gasteiger partial charge in [0.2, 0.25) is 18.2 Å². The van der Waals surface area contributed by atoms with Gasteiger partial charge < -0.3 is 10.2 Å². The molecule has 0 saturated carbocycles. The molecule has 3 amide bonds. The summed E-state index contributed by atoms with van der Waals surface area (Å²) in [4.78, 5) is 38.4. The van der Waals surface area contributed by atoms with Crippen LogP contribution in [0.15, 0.2) is 0 Å². The van der Waals surface area contributed by atoms with Crippen molar-refractivity contribution in [2.24, 2.45) is 23.2 Å². The third kappa shape index (κ3) is 5.69. The lowest BCUT2D eigenvalue weighted by molar-refractivity contribution is -0.180. The predicted molar refractivity (Wildman–Crippen MR) is 99.2 cm³/mol. The van der Waals surface area contributed by atoms with Gasteiger partial charge in [-0.15, -0.1) is 0 Å². The van der Waals surface area contributed by atoms with Crippen LogP contribution in [0.2, 0.25) is 0 Å². The highest BCUT2D eigenvalue weighted by Gasteiger charge is 2.48. The molecule has 26 heavy (non-hydrogen) atoms. The standard InChI is InChI=1S/C19H35N3O4/c1-7-8-9-13-11-20-17(24)15(13)16(22(26)12-23)14(10-19(2,3)4)18(25)21(5)6/h12-16,26H,7-11H2,1-6H3,(H,20,24)/t13-,14-,15-,16?/m0/s1. The lowest BCUT2D eigenvalue weighted by atomic mass is 9.73. The van der Waals surface area contributed by atoms with Crippen molar-refractivity contribution < 1.29 is 19.6 Å². The van der Waals surface area contributed by atoms with E-state index in [1.165, 1.54) is 4.90 Å². The van der Waals surface area contributed by atoms with Gasteiger partial charge in [-0.2, -0.15) is 0 Å². The van der Waals surface area contributed by atoms with Crippen LogP contribution < -0.4 is 5.32 Å². The molecule has 1 aliphatic heterocycles. The number of hydrogen-bond donors (Lipinski definition) is 2. The molecule has 1 rings (SSSR count). The van der Waals surface area contributed by atoms with E-state index in [1.54, 1.807) is 14.1 Å². The fourth-order valence-corrected chi connectivity index (χ4v) is 3.89. The zero-order valence-electron chi connectivity index (χ0n) is 17.0. The molecule has 0 aromatic heterocycles.